The number of aryl methyl sites for hydroxylation is 1. The molecule has 0 aliphatic heterocycles. The monoisotopic (exact) mass is 252 g/mol. The van der Waals surface area contributed by atoms with E-state index in [4.69, 9.17) is 0 Å². The number of rotatable bonds is 5. The average Bonchev–Trinajstić information content (AvgIpc) is 2.79. The topological polar surface area (TPSA) is 28.7 Å². The number of hydrogen-bond acceptors (Lipinski definition) is 2. The molecule has 0 radical (unpaired) electrons. The summed E-state index contributed by atoms with van der Waals surface area (Å²) in [5.74, 6) is 3.56. The normalized spacial score (nSPS) is 20.6. The van der Waals surface area contributed by atoms with Crippen molar-refractivity contribution in [3.63, 3.8) is 0 Å². The van der Waals surface area contributed by atoms with Crippen LogP contribution in [0.5, 0.6) is 0 Å². The number of thioether (sulfide) groups is 1. The van der Waals surface area contributed by atoms with Crippen LogP contribution < -0.4 is 0 Å². The van der Waals surface area contributed by atoms with E-state index in [2.05, 4.69) is 35.8 Å². The lowest BCUT2D eigenvalue weighted by Crippen LogP contribution is -2.22. The molecule has 0 unspecified atom stereocenters. The Hall–Kier alpha value is -0.440. The molecule has 1 aromatic heterocycles. The molecule has 96 valence electrons. The van der Waals surface area contributed by atoms with Gasteiger partial charge in [0, 0.05) is 6.20 Å². The van der Waals surface area contributed by atoms with Gasteiger partial charge in [0.1, 0.15) is 0 Å². The molecule has 0 aromatic carbocycles. The molecule has 0 atom stereocenters. The van der Waals surface area contributed by atoms with Crippen molar-refractivity contribution in [1.82, 2.24) is 10.2 Å². The van der Waals surface area contributed by atoms with Crippen LogP contribution >= 0.6 is 11.8 Å². The van der Waals surface area contributed by atoms with Crippen LogP contribution in [0.1, 0.15) is 45.1 Å². The summed E-state index contributed by atoms with van der Waals surface area (Å²) in [6, 6.07) is 0. The van der Waals surface area contributed by atoms with Crippen LogP contribution in [0.15, 0.2) is 12.4 Å². The Labute approximate surface area is 109 Å². The summed E-state index contributed by atoms with van der Waals surface area (Å²) in [5.41, 5.74) is 1.94. The summed E-state index contributed by atoms with van der Waals surface area (Å²) in [6.07, 6.45) is 10.8. The SMILES string of the molecule is CC1(C)CCC(CSCCc2cn[nH]c2)CC1. The van der Waals surface area contributed by atoms with Crippen molar-refractivity contribution in [3.05, 3.63) is 18.0 Å². The molecule has 1 N–H and O–H groups in total. The van der Waals surface area contributed by atoms with Crippen molar-refractivity contribution in [2.75, 3.05) is 11.5 Å². The first-order valence-electron chi connectivity index (χ1n) is 6.71. The second kappa shape index (κ2) is 5.94. The Morgan fingerprint density at radius 2 is 2.18 bits per heavy atom. The van der Waals surface area contributed by atoms with E-state index in [0.29, 0.717) is 5.41 Å². The number of nitrogens with one attached hydrogen (secondary N) is 1. The van der Waals surface area contributed by atoms with E-state index < -0.39 is 0 Å². The summed E-state index contributed by atoms with van der Waals surface area (Å²) in [5, 5.41) is 6.84. The first-order valence-corrected chi connectivity index (χ1v) is 7.87. The Morgan fingerprint density at radius 1 is 1.41 bits per heavy atom. The predicted molar refractivity (Wildman–Crippen MR) is 75.4 cm³/mol. The molecule has 1 aromatic rings. The third kappa shape index (κ3) is 4.38. The summed E-state index contributed by atoms with van der Waals surface area (Å²) in [6.45, 7) is 4.82. The van der Waals surface area contributed by atoms with Crippen LogP contribution in [-0.4, -0.2) is 21.7 Å². The van der Waals surface area contributed by atoms with Gasteiger partial charge in [-0.3, -0.25) is 5.10 Å². The van der Waals surface area contributed by atoms with Gasteiger partial charge in [-0.25, -0.2) is 0 Å². The smallest absolute Gasteiger partial charge is 0.0519 e. The van der Waals surface area contributed by atoms with Crippen LogP contribution in [0, 0.1) is 11.3 Å². The Kier molecular flexibility index (Phi) is 4.55. The largest absolute Gasteiger partial charge is 0.285 e. The molecular weight excluding hydrogens is 228 g/mol. The molecule has 17 heavy (non-hydrogen) atoms. The minimum Gasteiger partial charge on any atom is -0.285 e. The van der Waals surface area contributed by atoms with E-state index in [-0.39, 0.29) is 0 Å². The van der Waals surface area contributed by atoms with E-state index in [1.54, 1.807) is 0 Å². The molecule has 3 heteroatoms. The molecule has 2 nitrogen and oxygen atoms in total. The molecule has 1 aliphatic rings. The molecule has 1 saturated carbocycles. The standard InChI is InChI=1S/C14H24N2S/c1-14(2)6-3-12(4-7-14)11-17-8-5-13-9-15-16-10-13/h9-10,12H,3-8,11H2,1-2H3,(H,15,16). The number of H-pyrrole nitrogens is 1. The van der Waals surface area contributed by atoms with Gasteiger partial charge in [0.05, 0.1) is 6.20 Å². The molecular formula is C14H24N2S. The molecule has 0 bridgehead atoms. The van der Waals surface area contributed by atoms with Crippen LogP contribution in [0.4, 0.5) is 0 Å². The fourth-order valence-corrected chi connectivity index (χ4v) is 3.69. The van der Waals surface area contributed by atoms with Gasteiger partial charge in [0.15, 0.2) is 0 Å². The lowest BCUT2D eigenvalue weighted by molar-refractivity contribution is 0.203. The maximum absolute atomic E-state index is 3.97. The summed E-state index contributed by atoms with van der Waals surface area (Å²) in [4.78, 5) is 0. The summed E-state index contributed by atoms with van der Waals surface area (Å²) >= 11 is 2.12. The van der Waals surface area contributed by atoms with E-state index in [1.807, 2.05) is 12.4 Å². The van der Waals surface area contributed by atoms with Crippen molar-refractivity contribution in [3.8, 4) is 0 Å². The van der Waals surface area contributed by atoms with Crippen LogP contribution in [0.3, 0.4) is 0 Å². The third-order valence-corrected chi connectivity index (χ3v) is 5.10. The van der Waals surface area contributed by atoms with Gasteiger partial charge in [-0.15, -0.1) is 0 Å². The highest BCUT2D eigenvalue weighted by Gasteiger charge is 2.26. The zero-order valence-electron chi connectivity index (χ0n) is 11.0. The highest BCUT2D eigenvalue weighted by molar-refractivity contribution is 7.99. The second-order valence-corrected chi connectivity index (χ2v) is 7.19. The molecule has 2 rings (SSSR count). The van der Waals surface area contributed by atoms with Gasteiger partial charge in [0.2, 0.25) is 0 Å². The fourth-order valence-electron chi connectivity index (χ4n) is 2.48. The van der Waals surface area contributed by atoms with Gasteiger partial charge < -0.3 is 0 Å². The number of aromatic nitrogens is 2. The molecule has 0 amide bonds. The Balaban J connectivity index is 1.57. The van der Waals surface area contributed by atoms with Crippen molar-refractivity contribution < 1.29 is 0 Å². The minimum absolute atomic E-state index is 0.609. The van der Waals surface area contributed by atoms with Crippen molar-refractivity contribution >= 4 is 11.8 Å². The molecule has 0 saturated heterocycles. The van der Waals surface area contributed by atoms with E-state index in [9.17, 15) is 0 Å². The summed E-state index contributed by atoms with van der Waals surface area (Å²) in [7, 11) is 0. The molecule has 0 spiro atoms. The predicted octanol–water partition coefficient (Wildman–Crippen LogP) is 3.90. The highest BCUT2D eigenvalue weighted by atomic mass is 32.2. The van der Waals surface area contributed by atoms with Gasteiger partial charge >= 0.3 is 0 Å². The number of aromatic amines is 1. The third-order valence-electron chi connectivity index (χ3n) is 3.90. The van der Waals surface area contributed by atoms with Crippen LogP contribution in [0.2, 0.25) is 0 Å². The summed E-state index contributed by atoms with van der Waals surface area (Å²) < 4.78 is 0. The van der Waals surface area contributed by atoms with Crippen molar-refractivity contribution in [1.29, 1.82) is 0 Å². The van der Waals surface area contributed by atoms with Gasteiger partial charge in [-0.1, -0.05) is 13.8 Å². The first-order chi connectivity index (χ1) is 8.16. The quantitative estimate of drug-likeness (QED) is 0.805. The lowest BCUT2D eigenvalue weighted by Gasteiger charge is -2.34. The maximum Gasteiger partial charge on any atom is 0.0519 e. The van der Waals surface area contributed by atoms with Crippen molar-refractivity contribution in [2.45, 2.75) is 46.0 Å². The lowest BCUT2D eigenvalue weighted by atomic mass is 9.74. The van der Waals surface area contributed by atoms with Crippen LogP contribution in [0.25, 0.3) is 0 Å². The molecule has 1 fully saturated rings. The Bertz CT molecular complexity index is 309. The zero-order chi connectivity index (χ0) is 12.1. The molecule has 1 heterocycles. The van der Waals surface area contributed by atoms with Crippen molar-refractivity contribution in [2.24, 2.45) is 11.3 Å². The van der Waals surface area contributed by atoms with Gasteiger partial charge in [0.25, 0.3) is 0 Å². The second-order valence-electron chi connectivity index (χ2n) is 6.04. The first kappa shape index (κ1) is 13.0. The Morgan fingerprint density at radius 3 is 2.82 bits per heavy atom. The average molecular weight is 252 g/mol. The van der Waals surface area contributed by atoms with E-state index in [0.717, 1.165) is 12.3 Å². The molecule has 1 aliphatic carbocycles. The number of nitrogens with zero attached hydrogens (tertiary/aromatic N) is 1. The number of hydrogen-bond donors (Lipinski definition) is 1. The zero-order valence-corrected chi connectivity index (χ0v) is 11.9. The maximum atomic E-state index is 3.97. The van der Waals surface area contributed by atoms with Gasteiger partial charge in [-0.05, 0) is 60.5 Å². The fraction of sp³-hybridized carbons (Fsp3) is 0.786. The van der Waals surface area contributed by atoms with E-state index >= 15 is 0 Å². The van der Waals surface area contributed by atoms with Crippen LogP contribution in [-0.2, 0) is 6.42 Å². The highest BCUT2D eigenvalue weighted by Crippen LogP contribution is 2.38. The minimum atomic E-state index is 0.609. The van der Waals surface area contributed by atoms with Gasteiger partial charge in [-0.2, -0.15) is 16.9 Å². The van der Waals surface area contributed by atoms with E-state index in [1.165, 1.54) is 42.8 Å².